The van der Waals surface area contributed by atoms with Gasteiger partial charge in [0.15, 0.2) is 0 Å². The van der Waals surface area contributed by atoms with Crippen LogP contribution < -0.4 is 0 Å². The first-order chi connectivity index (χ1) is 9.69. The molecule has 5 nitrogen and oxygen atoms in total. The van der Waals surface area contributed by atoms with Gasteiger partial charge in [0.1, 0.15) is 5.25 Å². The molecule has 0 aliphatic heterocycles. The van der Waals surface area contributed by atoms with Crippen LogP contribution in [0.2, 0.25) is 0 Å². The van der Waals surface area contributed by atoms with Gasteiger partial charge in [-0.25, -0.2) is 0 Å². The highest BCUT2D eigenvalue weighted by Gasteiger charge is 2.20. The molecule has 20 heavy (non-hydrogen) atoms. The number of hydrogen-bond donors (Lipinski definition) is 1. The SMILES string of the molecule is CCc1nnc(CSC(Cc2ccccc2)C(=O)O)o1. The molecule has 1 aromatic heterocycles. The van der Waals surface area contributed by atoms with Crippen LogP contribution in [0.1, 0.15) is 24.3 Å². The summed E-state index contributed by atoms with van der Waals surface area (Å²) in [6.45, 7) is 1.93. The van der Waals surface area contributed by atoms with E-state index < -0.39 is 11.2 Å². The minimum absolute atomic E-state index is 0.413. The van der Waals surface area contributed by atoms with E-state index in [4.69, 9.17) is 4.42 Å². The first-order valence-electron chi connectivity index (χ1n) is 6.38. The van der Waals surface area contributed by atoms with Gasteiger partial charge >= 0.3 is 5.97 Å². The zero-order valence-electron chi connectivity index (χ0n) is 11.2. The number of aliphatic carboxylic acids is 1. The van der Waals surface area contributed by atoms with Gasteiger partial charge in [-0.2, -0.15) is 0 Å². The second-order valence-electron chi connectivity index (χ2n) is 4.27. The van der Waals surface area contributed by atoms with E-state index in [2.05, 4.69) is 10.2 Å². The zero-order chi connectivity index (χ0) is 14.4. The molecule has 106 valence electrons. The molecule has 2 rings (SSSR count). The number of aromatic nitrogens is 2. The van der Waals surface area contributed by atoms with Crippen molar-refractivity contribution in [3.63, 3.8) is 0 Å². The maximum Gasteiger partial charge on any atom is 0.316 e. The van der Waals surface area contributed by atoms with Gasteiger partial charge in [-0.1, -0.05) is 37.3 Å². The first kappa shape index (κ1) is 14.6. The highest BCUT2D eigenvalue weighted by Crippen LogP contribution is 2.21. The molecule has 1 unspecified atom stereocenters. The van der Waals surface area contributed by atoms with Crippen LogP contribution in [0.3, 0.4) is 0 Å². The minimum atomic E-state index is -0.825. The Bertz CT molecular complexity index is 557. The van der Waals surface area contributed by atoms with E-state index in [0.29, 0.717) is 30.4 Å². The van der Waals surface area contributed by atoms with Gasteiger partial charge in [-0.15, -0.1) is 22.0 Å². The van der Waals surface area contributed by atoms with E-state index in [-0.39, 0.29) is 0 Å². The average molecular weight is 292 g/mol. The van der Waals surface area contributed by atoms with E-state index >= 15 is 0 Å². The molecule has 0 radical (unpaired) electrons. The van der Waals surface area contributed by atoms with Crippen LogP contribution in [0, 0.1) is 0 Å². The molecule has 1 N–H and O–H groups in total. The largest absolute Gasteiger partial charge is 0.480 e. The van der Waals surface area contributed by atoms with Crippen LogP contribution in [-0.4, -0.2) is 26.5 Å². The molecule has 6 heteroatoms. The number of carboxylic acid groups (broad SMARTS) is 1. The van der Waals surface area contributed by atoms with Crippen LogP contribution >= 0.6 is 11.8 Å². The highest BCUT2D eigenvalue weighted by atomic mass is 32.2. The lowest BCUT2D eigenvalue weighted by Gasteiger charge is -2.10. The molecule has 2 aromatic rings. The summed E-state index contributed by atoms with van der Waals surface area (Å²) >= 11 is 1.31. The van der Waals surface area contributed by atoms with Crippen molar-refractivity contribution in [3.05, 3.63) is 47.7 Å². The Labute approximate surface area is 121 Å². The summed E-state index contributed by atoms with van der Waals surface area (Å²) in [5, 5.41) is 16.5. The van der Waals surface area contributed by atoms with Gasteiger partial charge in [0, 0.05) is 6.42 Å². The van der Waals surface area contributed by atoms with Gasteiger partial charge in [-0.3, -0.25) is 4.79 Å². The second kappa shape index (κ2) is 7.09. The Kier molecular flexibility index (Phi) is 5.17. The lowest BCUT2D eigenvalue weighted by molar-refractivity contribution is -0.136. The Morgan fingerprint density at radius 1 is 1.30 bits per heavy atom. The number of thioether (sulfide) groups is 1. The van der Waals surface area contributed by atoms with Gasteiger partial charge in [0.25, 0.3) is 0 Å². The monoisotopic (exact) mass is 292 g/mol. The van der Waals surface area contributed by atoms with Gasteiger partial charge in [0.05, 0.1) is 5.75 Å². The zero-order valence-corrected chi connectivity index (χ0v) is 12.0. The van der Waals surface area contributed by atoms with Gasteiger partial charge in [-0.05, 0) is 12.0 Å². The maximum absolute atomic E-state index is 11.3. The summed E-state index contributed by atoms with van der Waals surface area (Å²) < 4.78 is 5.38. The highest BCUT2D eigenvalue weighted by molar-refractivity contribution is 7.99. The topological polar surface area (TPSA) is 76.2 Å². The number of carboxylic acids is 1. The van der Waals surface area contributed by atoms with Crippen molar-refractivity contribution in [1.29, 1.82) is 0 Å². The fourth-order valence-electron chi connectivity index (χ4n) is 1.71. The number of benzene rings is 1. The van der Waals surface area contributed by atoms with Crippen molar-refractivity contribution in [2.75, 3.05) is 0 Å². The summed E-state index contributed by atoms with van der Waals surface area (Å²) in [6.07, 6.45) is 1.17. The lowest BCUT2D eigenvalue weighted by Crippen LogP contribution is -2.19. The lowest BCUT2D eigenvalue weighted by atomic mass is 10.1. The smallest absolute Gasteiger partial charge is 0.316 e. The molecule has 0 aliphatic carbocycles. The Balaban J connectivity index is 1.94. The quantitative estimate of drug-likeness (QED) is 0.845. The van der Waals surface area contributed by atoms with Crippen molar-refractivity contribution >= 4 is 17.7 Å². The number of nitrogens with zero attached hydrogens (tertiary/aromatic N) is 2. The Morgan fingerprint density at radius 3 is 2.60 bits per heavy atom. The van der Waals surface area contributed by atoms with E-state index in [9.17, 15) is 9.90 Å². The molecule has 0 amide bonds. The van der Waals surface area contributed by atoms with E-state index in [1.807, 2.05) is 37.3 Å². The fourth-order valence-corrected chi connectivity index (χ4v) is 2.62. The summed E-state index contributed by atoms with van der Waals surface area (Å²) in [6, 6.07) is 9.59. The second-order valence-corrected chi connectivity index (χ2v) is 5.46. The molecule has 1 atom stereocenters. The minimum Gasteiger partial charge on any atom is -0.480 e. The van der Waals surface area contributed by atoms with E-state index in [1.165, 1.54) is 11.8 Å². The van der Waals surface area contributed by atoms with E-state index in [1.54, 1.807) is 0 Å². The van der Waals surface area contributed by atoms with Crippen LogP contribution in [0.4, 0.5) is 0 Å². The predicted molar refractivity (Wildman–Crippen MR) is 76.5 cm³/mol. The molecule has 0 saturated carbocycles. The standard InChI is InChI=1S/C14H16N2O3S/c1-2-12-15-16-13(19-12)9-20-11(14(17)18)8-10-6-4-3-5-7-10/h3-7,11H,2,8-9H2,1H3,(H,17,18). The van der Waals surface area contributed by atoms with Crippen molar-refractivity contribution in [2.45, 2.75) is 30.8 Å². The number of rotatable bonds is 7. The van der Waals surface area contributed by atoms with Crippen molar-refractivity contribution in [3.8, 4) is 0 Å². The summed E-state index contributed by atoms with van der Waals surface area (Å²) in [7, 11) is 0. The van der Waals surface area contributed by atoms with Crippen molar-refractivity contribution < 1.29 is 14.3 Å². The summed E-state index contributed by atoms with van der Waals surface area (Å²) in [4.78, 5) is 11.3. The molecule has 0 bridgehead atoms. The fraction of sp³-hybridized carbons (Fsp3) is 0.357. The third-order valence-corrected chi connectivity index (χ3v) is 3.94. The third kappa shape index (κ3) is 4.09. The normalized spacial score (nSPS) is 12.2. The van der Waals surface area contributed by atoms with Crippen molar-refractivity contribution in [2.24, 2.45) is 0 Å². The molecular formula is C14H16N2O3S. The predicted octanol–water partition coefficient (Wildman–Crippen LogP) is 2.56. The molecular weight excluding hydrogens is 276 g/mol. The Morgan fingerprint density at radius 2 is 2.00 bits per heavy atom. The van der Waals surface area contributed by atoms with E-state index in [0.717, 1.165) is 5.56 Å². The molecule has 1 aromatic carbocycles. The third-order valence-electron chi connectivity index (χ3n) is 2.76. The molecule has 1 heterocycles. The maximum atomic E-state index is 11.3. The van der Waals surface area contributed by atoms with Crippen molar-refractivity contribution in [1.82, 2.24) is 10.2 Å². The van der Waals surface area contributed by atoms with Crippen LogP contribution in [0.5, 0.6) is 0 Å². The summed E-state index contributed by atoms with van der Waals surface area (Å²) in [5.41, 5.74) is 1.01. The number of hydrogen-bond acceptors (Lipinski definition) is 5. The molecule has 0 aliphatic rings. The average Bonchev–Trinajstić information content (AvgIpc) is 2.92. The summed E-state index contributed by atoms with van der Waals surface area (Å²) in [5.74, 6) is 0.646. The number of carbonyl (C=O) groups is 1. The first-order valence-corrected chi connectivity index (χ1v) is 7.43. The number of aryl methyl sites for hydroxylation is 1. The molecule has 0 fully saturated rings. The van der Waals surface area contributed by atoms with Gasteiger partial charge < -0.3 is 9.52 Å². The van der Waals surface area contributed by atoms with Gasteiger partial charge in [0.2, 0.25) is 11.8 Å². The Hall–Kier alpha value is -1.82. The molecule has 0 saturated heterocycles. The van der Waals surface area contributed by atoms with Crippen LogP contribution in [0.15, 0.2) is 34.7 Å². The van der Waals surface area contributed by atoms with Crippen LogP contribution in [0.25, 0.3) is 0 Å². The van der Waals surface area contributed by atoms with Crippen LogP contribution in [-0.2, 0) is 23.4 Å². The molecule has 0 spiro atoms.